The number of rotatable bonds is 2. The number of halogens is 1. The van der Waals surface area contributed by atoms with Crippen molar-refractivity contribution in [2.24, 2.45) is 5.10 Å². The Morgan fingerprint density at radius 3 is 2.72 bits per heavy atom. The number of para-hydroxylation sites is 1. The molecule has 0 fully saturated rings. The number of hydrogen-bond donors (Lipinski definition) is 0. The van der Waals surface area contributed by atoms with Crippen LogP contribution in [0.1, 0.15) is 5.76 Å². The summed E-state index contributed by atoms with van der Waals surface area (Å²) in [5, 5.41) is 14.8. The quantitative estimate of drug-likeness (QED) is 0.544. The van der Waals surface area contributed by atoms with Crippen molar-refractivity contribution in [3.05, 3.63) is 66.2 Å². The van der Waals surface area contributed by atoms with Crippen LogP contribution in [0.15, 0.2) is 69.3 Å². The van der Waals surface area contributed by atoms with Gasteiger partial charge in [0.05, 0.1) is 0 Å². The minimum atomic E-state index is -0.289. The smallest absolute Gasteiger partial charge is 0.212 e. The molecule has 5 rings (SSSR count). The predicted molar refractivity (Wildman–Crippen MR) is 94.3 cm³/mol. The SMILES string of the molecule is Fc1ccc(-c2nnc3n2N=C(c2cc4ccccc4o2)CS3)cc1. The number of aromatic nitrogens is 3. The van der Waals surface area contributed by atoms with Gasteiger partial charge in [-0.05, 0) is 36.4 Å². The van der Waals surface area contributed by atoms with E-state index in [4.69, 9.17) is 4.42 Å². The Labute approximate surface area is 146 Å². The molecule has 122 valence electrons. The maximum absolute atomic E-state index is 13.2. The third-order valence-corrected chi connectivity index (χ3v) is 4.91. The normalized spacial score (nSPS) is 13.7. The summed E-state index contributed by atoms with van der Waals surface area (Å²) in [6.07, 6.45) is 0. The van der Waals surface area contributed by atoms with E-state index in [1.165, 1.54) is 12.1 Å². The Morgan fingerprint density at radius 2 is 1.88 bits per heavy atom. The average Bonchev–Trinajstić information content (AvgIpc) is 3.26. The predicted octanol–water partition coefficient (Wildman–Crippen LogP) is 4.19. The van der Waals surface area contributed by atoms with Gasteiger partial charge in [0.25, 0.3) is 0 Å². The minimum absolute atomic E-state index is 0.289. The second-order valence-corrected chi connectivity index (χ2v) is 6.55. The molecule has 2 aromatic heterocycles. The van der Waals surface area contributed by atoms with Crippen molar-refractivity contribution in [1.82, 2.24) is 14.9 Å². The van der Waals surface area contributed by atoms with Gasteiger partial charge < -0.3 is 4.42 Å². The third-order valence-electron chi connectivity index (χ3n) is 3.98. The van der Waals surface area contributed by atoms with E-state index in [9.17, 15) is 4.39 Å². The van der Waals surface area contributed by atoms with Crippen molar-refractivity contribution in [3.63, 3.8) is 0 Å². The molecule has 0 atom stereocenters. The molecule has 2 aromatic carbocycles. The van der Waals surface area contributed by atoms with Crippen LogP contribution >= 0.6 is 11.8 Å². The van der Waals surface area contributed by atoms with E-state index in [0.29, 0.717) is 16.7 Å². The fraction of sp³-hybridized carbons (Fsp3) is 0.0556. The number of benzene rings is 2. The average molecular weight is 350 g/mol. The fourth-order valence-corrected chi connectivity index (χ4v) is 3.57. The summed E-state index contributed by atoms with van der Waals surface area (Å²) in [6.45, 7) is 0. The summed E-state index contributed by atoms with van der Waals surface area (Å²) in [5.41, 5.74) is 2.41. The summed E-state index contributed by atoms with van der Waals surface area (Å²) < 4.78 is 20.8. The van der Waals surface area contributed by atoms with Gasteiger partial charge >= 0.3 is 0 Å². The maximum atomic E-state index is 13.2. The highest BCUT2D eigenvalue weighted by molar-refractivity contribution is 7.99. The lowest BCUT2D eigenvalue weighted by Gasteiger charge is -2.12. The molecule has 0 radical (unpaired) electrons. The third kappa shape index (κ3) is 2.44. The first-order valence-corrected chi connectivity index (χ1v) is 8.67. The molecule has 3 heterocycles. The van der Waals surface area contributed by atoms with E-state index in [1.54, 1.807) is 28.6 Å². The molecule has 4 aromatic rings. The Balaban J connectivity index is 1.61. The molecule has 0 saturated carbocycles. The van der Waals surface area contributed by atoms with Crippen molar-refractivity contribution in [2.45, 2.75) is 5.16 Å². The van der Waals surface area contributed by atoms with Gasteiger partial charge in [0, 0.05) is 16.7 Å². The van der Waals surface area contributed by atoms with Gasteiger partial charge in [-0.2, -0.15) is 9.78 Å². The molecule has 0 saturated heterocycles. The van der Waals surface area contributed by atoms with Crippen LogP contribution in [0.2, 0.25) is 0 Å². The second-order valence-electron chi connectivity index (χ2n) is 5.61. The Bertz CT molecular complexity index is 1080. The Kier molecular flexibility index (Phi) is 3.21. The van der Waals surface area contributed by atoms with Gasteiger partial charge in [-0.1, -0.05) is 30.0 Å². The van der Waals surface area contributed by atoms with Crippen LogP contribution in [0.25, 0.3) is 22.4 Å². The van der Waals surface area contributed by atoms with E-state index in [1.807, 2.05) is 30.3 Å². The van der Waals surface area contributed by atoms with Crippen molar-refractivity contribution in [3.8, 4) is 11.4 Å². The molecule has 0 amide bonds. The summed E-state index contributed by atoms with van der Waals surface area (Å²) in [6, 6.07) is 16.0. The molecule has 25 heavy (non-hydrogen) atoms. The first-order chi connectivity index (χ1) is 12.3. The molecule has 0 unspecified atom stereocenters. The number of furan rings is 1. The summed E-state index contributed by atoms with van der Waals surface area (Å²) in [5.74, 6) is 1.68. The van der Waals surface area contributed by atoms with Crippen LogP contribution in [-0.4, -0.2) is 26.3 Å². The zero-order valence-corrected chi connectivity index (χ0v) is 13.7. The standard InChI is InChI=1S/C18H11FN4OS/c19-13-7-5-11(6-8-13)17-20-21-18-23(17)22-14(10-25-18)16-9-12-3-1-2-4-15(12)24-16/h1-9H,10H2. The van der Waals surface area contributed by atoms with Crippen LogP contribution in [0.3, 0.4) is 0 Å². The molecular weight excluding hydrogens is 339 g/mol. The van der Waals surface area contributed by atoms with E-state index in [-0.39, 0.29) is 5.82 Å². The molecule has 1 aliphatic rings. The van der Waals surface area contributed by atoms with Crippen molar-refractivity contribution < 1.29 is 8.81 Å². The van der Waals surface area contributed by atoms with Crippen LogP contribution in [0, 0.1) is 5.82 Å². The number of nitrogens with zero attached hydrogens (tertiary/aromatic N) is 4. The van der Waals surface area contributed by atoms with Gasteiger partial charge in [-0.25, -0.2) is 4.39 Å². The first-order valence-electron chi connectivity index (χ1n) is 7.69. The van der Waals surface area contributed by atoms with Crippen LogP contribution in [0.4, 0.5) is 4.39 Å². The minimum Gasteiger partial charge on any atom is -0.455 e. The number of hydrogen-bond acceptors (Lipinski definition) is 5. The molecule has 0 aliphatic carbocycles. The van der Waals surface area contributed by atoms with Gasteiger partial charge in [-0.15, -0.1) is 10.2 Å². The van der Waals surface area contributed by atoms with Crippen LogP contribution in [-0.2, 0) is 0 Å². The molecular formula is C18H11FN4OS. The largest absolute Gasteiger partial charge is 0.455 e. The van der Waals surface area contributed by atoms with Crippen molar-refractivity contribution >= 4 is 28.4 Å². The second kappa shape index (κ2) is 5.56. The van der Waals surface area contributed by atoms with Crippen molar-refractivity contribution in [2.75, 3.05) is 5.75 Å². The summed E-state index contributed by atoms with van der Waals surface area (Å²) >= 11 is 1.54. The fourth-order valence-electron chi connectivity index (χ4n) is 2.75. The van der Waals surface area contributed by atoms with Crippen LogP contribution < -0.4 is 0 Å². The molecule has 5 nitrogen and oxygen atoms in total. The lowest BCUT2D eigenvalue weighted by Crippen LogP contribution is -2.13. The van der Waals surface area contributed by atoms with Gasteiger partial charge in [0.15, 0.2) is 11.6 Å². The molecule has 0 spiro atoms. The van der Waals surface area contributed by atoms with E-state index >= 15 is 0 Å². The topological polar surface area (TPSA) is 56.2 Å². The zero-order chi connectivity index (χ0) is 16.8. The first kappa shape index (κ1) is 14.4. The highest BCUT2D eigenvalue weighted by Crippen LogP contribution is 2.30. The maximum Gasteiger partial charge on any atom is 0.212 e. The number of thioether (sulfide) groups is 1. The zero-order valence-electron chi connectivity index (χ0n) is 12.9. The molecule has 7 heteroatoms. The van der Waals surface area contributed by atoms with Gasteiger partial charge in [0.1, 0.15) is 17.1 Å². The highest BCUT2D eigenvalue weighted by atomic mass is 32.2. The highest BCUT2D eigenvalue weighted by Gasteiger charge is 2.22. The van der Waals surface area contributed by atoms with E-state index in [2.05, 4.69) is 15.3 Å². The lowest BCUT2D eigenvalue weighted by atomic mass is 10.2. The van der Waals surface area contributed by atoms with E-state index < -0.39 is 0 Å². The van der Waals surface area contributed by atoms with Gasteiger partial charge in [0.2, 0.25) is 5.16 Å². The van der Waals surface area contributed by atoms with Gasteiger partial charge in [-0.3, -0.25) is 0 Å². The number of fused-ring (bicyclic) bond motifs is 2. The summed E-state index contributed by atoms with van der Waals surface area (Å²) in [7, 11) is 0. The Hall–Kier alpha value is -2.93. The molecule has 0 N–H and O–H groups in total. The Morgan fingerprint density at radius 1 is 1.04 bits per heavy atom. The summed E-state index contributed by atoms with van der Waals surface area (Å²) in [4.78, 5) is 0. The van der Waals surface area contributed by atoms with Crippen molar-refractivity contribution in [1.29, 1.82) is 0 Å². The van der Waals surface area contributed by atoms with E-state index in [0.717, 1.165) is 28.0 Å². The monoisotopic (exact) mass is 350 g/mol. The molecule has 1 aliphatic heterocycles. The lowest BCUT2D eigenvalue weighted by molar-refractivity contribution is 0.601. The van der Waals surface area contributed by atoms with Crippen LogP contribution in [0.5, 0.6) is 0 Å². The molecule has 0 bridgehead atoms.